The van der Waals surface area contributed by atoms with Gasteiger partial charge in [0.05, 0.1) is 0 Å². The van der Waals surface area contributed by atoms with Crippen molar-refractivity contribution < 1.29 is 13.2 Å². The molecule has 2 saturated heterocycles. The Labute approximate surface area is 180 Å². The van der Waals surface area contributed by atoms with E-state index in [9.17, 15) is 13.2 Å². The van der Waals surface area contributed by atoms with Gasteiger partial charge in [-0.1, -0.05) is 12.1 Å². The number of hydrogen-bond acceptors (Lipinski definition) is 5. The molecule has 0 radical (unpaired) electrons. The fourth-order valence-electron chi connectivity index (χ4n) is 3.53. The molecule has 0 aliphatic carbocycles. The number of piperazine rings is 1. The van der Waals surface area contributed by atoms with Crippen LogP contribution < -0.4 is 15.5 Å². The molecule has 28 heavy (non-hydrogen) atoms. The third-order valence-corrected chi connectivity index (χ3v) is 6.80. The van der Waals surface area contributed by atoms with E-state index in [-0.39, 0.29) is 30.9 Å². The smallest absolute Gasteiger partial charge is 0.236 e. The van der Waals surface area contributed by atoms with Gasteiger partial charge >= 0.3 is 0 Å². The monoisotopic (exact) mass is 452 g/mol. The second kappa shape index (κ2) is 11.2. The van der Waals surface area contributed by atoms with Crippen molar-refractivity contribution in [3.63, 3.8) is 0 Å². The summed E-state index contributed by atoms with van der Waals surface area (Å²) in [7, 11) is -3.57. The first-order chi connectivity index (χ1) is 12.4. The molecule has 7 nitrogen and oxygen atoms in total. The molecule has 1 unspecified atom stereocenters. The average molecular weight is 453 g/mol. The van der Waals surface area contributed by atoms with E-state index in [1.807, 2.05) is 25.1 Å². The molecule has 1 aromatic carbocycles. The maximum Gasteiger partial charge on any atom is 0.236 e. The van der Waals surface area contributed by atoms with E-state index in [1.54, 1.807) is 0 Å². The van der Waals surface area contributed by atoms with E-state index in [4.69, 9.17) is 0 Å². The molecule has 2 N–H and O–H groups in total. The lowest BCUT2D eigenvalue weighted by atomic mass is 10.2. The Bertz CT molecular complexity index is 734. The summed E-state index contributed by atoms with van der Waals surface area (Å²) in [6, 6.07) is 8.47. The molecule has 1 amide bonds. The SMILES string of the molecule is Cc1cccc(N2CCN(S(=O)(=O)CC(=O)NCC3CCCN3)CC2)c1.Cl.Cl. The molecule has 2 fully saturated rings. The van der Waals surface area contributed by atoms with Gasteiger partial charge in [0.25, 0.3) is 0 Å². The van der Waals surface area contributed by atoms with Crippen molar-refractivity contribution in [1.29, 1.82) is 0 Å². The highest BCUT2D eigenvalue weighted by molar-refractivity contribution is 7.89. The molecule has 0 aromatic heterocycles. The first-order valence-electron chi connectivity index (χ1n) is 9.23. The zero-order valence-corrected chi connectivity index (χ0v) is 18.5. The zero-order valence-electron chi connectivity index (χ0n) is 16.1. The van der Waals surface area contributed by atoms with E-state index >= 15 is 0 Å². The summed E-state index contributed by atoms with van der Waals surface area (Å²) in [6.45, 7) is 5.59. The number of rotatable bonds is 6. The molecule has 2 heterocycles. The maximum absolute atomic E-state index is 12.5. The van der Waals surface area contributed by atoms with Crippen LogP contribution in [0.4, 0.5) is 5.69 Å². The predicted octanol–water partition coefficient (Wildman–Crippen LogP) is 1.16. The van der Waals surface area contributed by atoms with Crippen LogP contribution in [0.15, 0.2) is 24.3 Å². The highest BCUT2D eigenvalue weighted by Gasteiger charge is 2.29. The average Bonchev–Trinajstić information content (AvgIpc) is 3.13. The van der Waals surface area contributed by atoms with Gasteiger partial charge in [-0.25, -0.2) is 8.42 Å². The zero-order chi connectivity index (χ0) is 18.6. The van der Waals surface area contributed by atoms with Crippen molar-refractivity contribution in [2.75, 3.05) is 49.9 Å². The lowest BCUT2D eigenvalue weighted by molar-refractivity contribution is -0.118. The first kappa shape index (κ1) is 25.0. The minimum absolute atomic E-state index is 0. The summed E-state index contributed by atoms with van der Waals surface area (Å²) in [5.41, 5.74) is 2.30. The molecule has 0 saturated carbocycles. The number of sulfonamides is 1. The number of aryl methyl sites for hydroxylation is 1. The minimum Gasteiger partial charge on any atom is -0.369 e. The van der Waals surface area contributed by atoms with Crippen molar-refractivity contribution >= 4 is 46.4 Å². The number of carbonyl (C=O) groups excluding carboxylic acids is 1. The largest absolute Gasteiger partial charge is 0.369 e. The standard InChI is InChI=1S/C18H28N4O3S.2ClH/c1-15-4-2-6-17(12-15)21-8-10-22(11-9-21)26(24,25)14-18(23)20-13-16-5-3-7-19-16;;/h2,4,6,12,16,19H,3,5,7-11,13-14H2,1H3,(H,20,23);2*1H. The second-order valence-electron chi connectivity index (χ2n) is 7.08. The Kier molecular flexibility index (Phi) is 10.00. The molecule has 1 aromatic rings. The lowest BCUT2D eigenvalue weighted by Crippen LogP contribution is -2.51. The maximum atomic E-state index is 12.5. The minimum atomic E-state index is -3.57. The van der Waals surface area contributed by atoms with Crippen LogP contribution in [0.1, 0.15) is 18.4 Å². The molecule has 0 bridgehead atoms. The predicted molar refractivity (Wildman–Crippen MR) is 117 cm³/mol. The van der Waals surface area contributed by atoms with Gasteiger partial charge in [0.2, 0.25) is 15.9 Å². The molecular weight excluding hydrogens is 423 g/mol. The van der Waals surface area contributed by atoms with Crippen molar-refractivity contribution in [3.05, 3.63) is 29.8 Å². The Morgan fingerprint density at radius 2 is 1.93 bits per heavy atom. The van der Waals surface area contributed by atoms with Gasteiger partial charge in [0, 0.05) is 44.5 Å². The number of nitrogens with zero attached hydrogens (tertiary/aromatic N) is 2. The van der Waals surface area contributed by atoms with Crippen LogP contribution in [0, 0.1) is 6.92 Å². The van der Waals surface area contributed by atoms with E-state index in [1.165, 1.54) is 9.87 Å². The Morgan fingerprint density at radius 3 is 2.54 bits per heavy atom. The van der Waals surface area contributed by atoms with Crippen molar-refractivity contribution in [2.24, 2.45) is 0 Å². The van der Waals surface area contributed by atoms with Crippen LogP contribution in [0.25, 0.3) is 0 Å². The number of carbonyl (C=O) groups is 1. The fourth-order valence-corrected chi connectivity index (χ4v) is 4.86. The third-order valence-electron chi connectivity index (χ3n) is 5.02. The van der Waals surface area contributed by atoms with Crippen molar-refractivity contribution in [1.82, 2.24) is 14.9 Å². The number of hydrogen-bond donors (Lipinski definition) is 2. The number of amides is 1. The summed E-state index contributed by atoms with van der Waals surface area (Å²) in [6.07, 6.45) is 2.12. The van der Waals surface area contributed by atoms with Crippen LogP contribution in [-0.4, -0.2) is 69.7 Å². The van der Waals surface area contributed by atoms with Crippen molar-refractivity contribution in [2.45, 2.75) is 25.8 Å². The summed E-state index contributed by atoms with van der Waals surface area (Å²) in [5, 5.41) is 6.03. The number of anilines is 1. The van der Waals surface area contributed by atoms with Crippen LogP contribution >= 0.6 is 24.8 Å². The topological polar surface area (TPSA) is 81.8 Å². The van der Waals surface area contributed by atoms with Gasteiger partial charge in [0.15, 0.2) is 0 Å². The lowest BCUT2D eigenvalue weighted by Gasteiger charge is -2.35. The third kappa shape index (κ3) is 6.77. The van der Waals surface area contributed by atoms with E-state index in [0.29, 0.717) is 32.7 Å². The van der Waals surface area contributed by atoms with Crippen molar-refractivity contribution in [3.8, 4) is 0 Å². The highest BCUT2D eigenvalue weighted by Crippen LogP contribution is 2.19. The Balaban J connectivity index is 0.00000196. The van der Waals surface area contributed by atoms with Gasteiger partial charge in [0.1, 0.15) is 5.75 Å². The quantitative estimate of drug-likeness (QED) is 0.676. The molecule has 2 aliphatic heterocycles. The van der Waals surface area contributed by atoms with Gasteiger partial charge in [-0.05, 0) is 44.0 Å². The van der Waals surface area contributed by atoms with Crippen LogP contribution in [0.3, 0.4) is 0 Å². The van der Waals surface area contributed by atoms with Crippen LogP contribution in [0.2, 0.25) is 0 Å². The van der Waals surface area contributed by atoms with Gasteiger partial charge < -0.3 is 15.5 Å². The van der Waals surface area contributed by atoms with E-state index in [2.05, 4.69) is 21.6 Å². The molecule has 10 heteroatoms. The summed E-state index contributed by atoms with van der Waals surface area (Å²) >= 11 is 0. The van der Waals surface area contributed by atoms with Gasteiger partial charge in [-0.15, -0.1) is 24.8 Å². The molecule has 3 rings (SSSR count). The second-order valence-corrected chi connectivity index (χ2v) is 9.05. The Hall–Kier alpha value is -1.06. The van der Waals surface area contributed by atoms with Crippen LogP contribution in [-0.2, 0) is 14.8 Å². The summed E-state index contributed by atoms with van der Waals surface area (Å²) < 4.78 is 26.5. The Morgan fingerprint density at radius 1 is 1.21 bits per heavy atom. The molecule has 0 spiro atoms. The van der Waals surface area contributed by atoms with Gasteiger partial charge in [-0.2, -0.15) is 4.31 Å². The number of benzene rings is 1. The number of halogens is 2. The molecule has 2 aliphatic rings. The summed E-state index contributed by atoms with van der Waals surface area (Å²) in [4.78, 5) is 14.2. The first-order valence-corrected chi connectivity index (χ1v) is 10.8. The summed E-state index contributed by atoms with van der Waals surface area (Å²) in [5.74, 6) is -0.885. The van der Waals surface area contributed by atoms with E-state index in [0.717, 1.165) is 25.1 Å². The van der Waals surface area contributed by atoms with Gasteiger partial charge in [-0.3, -0.25) is 4.79 Å². The van der Waals surface area contributed by atoms with E-state index < -0.39 is 21.7 Å². The molecular formula is C18H30Cl2N4O3S. The molecule has 160 valence electrons. The van der Waals surface area contributed by atoms with Crippen LogP contribution in [0.5, 0.6) is 0 Å². The fraction of sp³-hybridized carbons (Fsp3) is 0.611. The highest BCUT2D eigenvalue weighted by atomic mass is 35.5. The number of nitrogens with one attached hydrogen (secondary N) is 2. The molecule has 1 atom stereocenters. The normalized spacial score (nSPS) is 20.2.